The van der Waals surface area contributed by atoms with Crippen molar-refractivity contribution in [3.05, 3.63) is 79.0 Å². The van der Waals surface area contributed by atoms with E-state index in [4.69, 9.17) is 9.47 Å². The average molecular weight is 455 g/mol. The number of imidazole rings is 1. The number of anilines is 2. The van der Waals surface area contributed by atoms with Gasteiger partial charge in [-0.1, -0.05) is 0 Å². The van der Waals surface area contributed by atoms with Gasteiger partial charge in [-0.25, -0.2) is 19.7 Å². The standard InChI is InChI=1S/C25H21N5O4/c1-16-11-17(3-6-22(16)34-19-7-9-30-10-8-26-23(30)13-19)29-25-20-12-18(33-14-24(31)32-2)4-5-21(20)27-15-28-25/h3-13,15H,14H2,1-2H3,(H,27,28,29). The highest BCUT2D eigenvalue weighted by atomic mass is 16.6. The molecule has 9 heteroatoms. The van der Waals surface area contributed by atoms with Gasteiger partial charge in [0.15, 0.2) is 6.61 Å². The summed E-state index contributed by atoms with van der Waals surface area (Å²) in [4.78, 5) is 24.4. The van der Waals surface area contributed by atoms with E-state index in [9.17, 15) is 4.79 Å². The molecular formula is C25H21N5O4. The van der Waals surface area contributed by atoms with Gasteiger partial charge in [0.1, 0.15) is 35.0 Å². The zero-order valence-electron chi connectivity index (χ0n) is 18.6. The fourth-order valence-corrected chi connectivity index (χ4v) is 3.49. The molecule has 2 aromatic carbocycles. The van der Waals surface area contributed by atoms with E-state index in [0.29, 0.717) is 17.3 Å². The second-order valence-corrected chi connectivity index (χ2v) is 7.53. The Labute approximate surface area is 195 Å². The van der Waals surface area contributed by atoms with Crippen molar-refractivity contribution in [1.82, 2.24) is 19.4 Å². The van der Waals surface area contributed by atoms with Gasteiger partial charge in [-0.2, -0.15) is 0 Å². The van der Waals surface area contributed by atoms with Gasteiger partial charge in [-0.05, 0) is 55.0 Å². The Morgan fingerprint density at radius 3 is 2.76 bits per heavy atom. The number of benzene rings is 2. The van der Waals surface area contributed by atoms with Crippen molar-refractivity contribution in [2.24, 2.45) is 0 Å². The van der Waals surface area contributed by atoms with Gasteiger partial charge < -0.3 is 23.9 Å². The predicted molar refractivity (Wildman–Crippen MR) is 127 cm³/mol. The number of pyridine rings is 1. The summed E-state index contributed by atoms with van der Waals surface area (Å²) < 4.78 is 18.1. The van der Waals surface area contributed by atoms with E-state index >= 15 is 0 Å². The summed E-state index contributed by atoms with van der Waals surface area (Å²) in [6, 6.07) is 14.9. The third kappa shape index (κ3) is 4.44. The van der Waals surface area contributed by atoms with Crippen molar-refractivity contribution in [2.75, 3.05) is 19.0 Å². The minimum absolute atomic E-state index is 0.174. The molecule has 5 aromatic rings. The number of nitrogens with zero attached hydrogens (tertiary/aromatic N) is 4. The lowest BCUT2D eigenvalue weighted by molar-refractivity contribution is -0.142. The van der Waals surface area contributed by atoms with Crippen LogP contribution in [-0.4, -0.2) is 39.0 Å². The highest BCUT2D eigenvalue weighted by Crippen LogP contribution is 2.31. The average Bonchev–Trinajstić information content (AvgIpc) is 3.32. The number of ether oxygens (including phenoxy) is 3. The predicted octanol–water partition coefficient (Wildman–Crippen LogP) is 4.67. The highest BCUT2D eigenvalue weighted by Gasteiger charge is 2.10. The van der Waals surface area contributed by atoms with Crippen LogP contribution in [0.2, 0.25) is 0 Å². The molecule has 0 radical (unpaired) electrons. The number of aromatic nitrogens is 4. The number of carbonyl (C=O) groups excluding carboxylic acids is 1. The lowest BCUT2D eigenvalue weighted by atomic mass is 10.2. The number of aryl methyl sites for hydroxylation is 1. The first kappa shape index (κ1) is 21.2. The number of methoxy groups -OCH3 is 1. The molecule has 0 saturated carbocycles. The van der Waals surface area contributed by atoms with Crippen molar-refractivity contribution in [3.63, 3.8) is 0 Å². The summed E-state index contributed by atoms with van der Waals surface area (Å²) in [5.41, 5.74) is 3.36. The lowest BCUT2D eigenvalue weighted by Gasteiger charge is -2.13. The van der Waals surface area contributed by atoms with Crippen LogP contribution >= 0.6 is 0 Å². The molecule has 0 amide bonds. The quantitative estimate of drug-likeness (QED) is 0.353. The van der Waals surface area contributed by atoms with Crippen LogP contribution in [0.1, 0.15) is 5.56 Å². The molecule has 0 atom stereocenters. The minimum Gasteiger partial charge on any atom is -0.482 e. The monoisotopic (exact) mass is 455 g/mol. The number of hydrogen-bond donors (Lipinski definition) is 1. The van der Waals surface area contributed by atoms with Crippen LogP contribution < -0.4 is 14.8 Å². The molecular weight excluding hydrogens is 434 g/mol. The van der Waals surface area contributed by atoms with E-state index in [2.05, 4.69) is 25.0 Å². The molecule has 0 bridgehead atoms. The Morgan fingerprint density at radius 1 is 1.00 bits per heavy atom. The van der Waals surface area contributed by atoms with Gasteiger partial charge >= 0.3 is 5.97 Å². The lowest BCUT2D eigenvalue weighted by Crippen LogP contribution is -2.12. The van der Waals surface area contributed by atoms with Crippen molar-refractivity contribution in [3.8, 4) is 17.2 Å². The maximum absolute atomic E-state index is 11.4. The first-order valence-electron chi connectivity index (χ1n) is 10.5. The molecule has 0 unspecified atom stereocenters. The maximum Gasteiger partial charge on any atom is 0.343 e. The Kier molecular flexibility index (Phi) is 5.65. The van der Waals surface area contributed by atoms with Gasteiger partial charge in [0.2, 0.25) is 0 Å². The topological polar surface area (TPSA) is 99.9 Å². The van der Waals surface area contributed by atoms with Crippen LogP contribution in [-0.2, 0) is 9.53 Å². The number of rotatable bonds is 7. The second kappa shape index (κ2) is 9.07. The van der Waals surface area contributed by atoms with Gasteiger partial charge in [-0.15, -0.1) is 0 Å². The van der Waals surface area contributed by atoms with Crippen molar-refractivity contribution >= 4 is 34.0 Å². The molecule has 5 rings (SSSR count). The summed E-state index contributed by atoms with van der Waals surface area (Å²) >= 11 is 0. The molecule has 170 valence electrons. The van der Waals surface area contributed by atoms with E-state index in [0.717, 1.165) is 33.6 Å². The van der Waals surface area contributed by atoms with Crippen LogP contribution in [0.3, 0.4) is 0 Å². The second-order valence-electron chi connectivity index (χ2n) is 7.53. The Hall–Kier alpha value is -4.66. The van der Waals surface area contributed by atoms with Crippen LogP contribution in [0.25, 0.3) is 16.6 Å². The van der Waals surface area contributed by atoms with Gasteiger partial charge in [-0.3, -0.25) is 0 Å². The third-order valence-corrected chi connectivity index (χ3v) is 5.23. The molecule has 0 saturated heterocycles. The zero-order chi connectivity index (χ0) is 23.5. The van der Waals surface area contributed by atoms with Crippen LogP contribution in [0.4, 0.5) is 11.5 Å². The number of hydrogen-bond acceptors (Lipinski definition) is 8. The third-order valence-electron chi connectivity index (χ3n) is 5.23. The Balaban J connectivity index is 1.36. The number of carbonyl (C=O) groups is 1. The largest absolute Gasteiger partial charge is 0.482 e. The van der Waals surface area contributed by atoms with Gasteiger partial charge in [0, 0.05) is 35.7 Å². The fraction of sp³-hybridized carbons (Fsp3) is 0.120. The fourth-order valence-electron chi connectivity index (χ4n) is 3.49. The van der Waals surface area contributed by atoms with Crippen LogP contribution in [0, 0.1) is 6.92 Å². The smallest absolute Gasteiger partial charge is 0.343 e. The maximum atomic E-state index is 11.4. The van der Waals surface area contributed by atoms with Crippen LogP contribution in [0.15, 0.2) is 73.4 Å². The molecule has 0 aliphatic carbocycles. The number of fused-ring (bicyclic) bond motifs is 2. The van der Waals surface area contributed by atoms with E-state index in [1.165, 1.54) is 13.4 Å². The Morgan fingerprint density at radius 2 is 1.91 bits per heavy atom. The van der Waals surface area contributed by atoms with E-state index in [1.807, 2.05) is 60.1 Å². The summed E-state index contributed by atoms with van der Waals surface area (Å²) in [6.07, 6.45) is 7.04. The Bertz CT molecular complexity index is 1500. The first-order chi connectivity index (χ1) is 16.6. The highest BCUT2D eigenvalue weighted by molar-refractivity contribution is 5.91. The molecule has 34 heavy (non-hydrogen) atoms. The van der Waals surface area contributed by atoms with Gasteiger partial charge in [0.25, 0.3) is 0 Å². The minimum atomic E-state index is -0.453. The molecule has 0 fully saturated rings. The summed E-state index contributed by atoms with van der Waals surface area (Å²) in [6.45, 7) is 1.80. The van der Waals surface area contributed by atoms with Gasteiger partial charge in [0.05, 0.1) is 12.6 Å². The SMILES string of the molecule is COC(=O)COc1ccc2ncnc(Nc3ccc(Oc4ccn5ccnc5c4)c(C)c3)c2c1. The van der Waals surface area contributed by atoms with E-state index in [-0.39, 0.29) is 6.61 Å². The molecule has 1 N–H and O–H groups in total. The van der Waals surface area contributed by atoms with Crippen molar-refractivity contribution in [2.45, 2.75) is 6.92 Å². The number of nitrogens with one attached hydrogen (secondary N) is 1. The van der Waals surface area contributed by atoms with Crippen LogP contribution in [0.5, 0.6) is 17.2 Å². The van der Waals surface area contributed by atoms with Crippen molar-refractivity contribution in [1.29, 1.82) is 0 Å². The molecule has 3 heterocycles. The molecule has 0 aliphatic rings. The van der Waals surface area contributed by atoms with E-state index < -0.39 is 5.97 Å². The van der Waals surface area contributed by atoms with Crippen molar-refractivity contribution < 1.29 is 19.0 Å². The zero-order valence-corrected chi connectivity index (χ0v) is 18.6. The normalized spacial score (nSPS) is 10.9. The number of esters is 1. The van der Waals surface area contributed by atoms with E-state index in [1.54, 1.807) is 18.3 Å². The molecule has 0 aliphatic heterocycles. The summed E-state index contributed by atoms with van der Waals surface area (Å²) in [7, 11) is 1.32. The summed E-state index contributed by atoms with van der Waals surface area (Å²) in [5, 5.41) is 4.10. The molecule has 0 spiro atoms. The molecule has 9 nitrogen and oxygen atoms in total. The summed E-state index contributed by atoms with van der Waals surface area (Å²) in [5.74, 6) is 2.14. The molecule has 3 aromatic heterocycles. The first-order valence-corrected chi connectivity index (χ1v) is 10.5.